The summed E-state index contributed by atoms with van der Waals surface area (Å²) in [5.41, 5.74) is 2.47. The van der Waals surface area contributed by atoms with Crippen molar-refractivity contribution in [3.63, 3.8) is 0 Å². The Morgan fingerprint density at radius 2 is 2.06 bits per heavy atom. The van der Waals surface area contributed by atoms with Gasteiger partial charge in [0.25, 0.3) is 0 Å². The lowest BCUT2D eigenvalue weighted by Gasteiger charge is -2.09. The molecule has 0 aliphatic carbocycles. The maximum absolute atomic E-state index is 11.6. The highest BCUT2D eigenvalue weighted by molar-refractivity contribution is 8.00. The summed E-state index contributed by atoms with van der Waals surface area (Å²) in [5, 5.41) is 2.93. The van der Waals surface area contributed by atoms with Crippen molar-refractivity contribution in [2.24, 2.45) is 5.92 Å². The quantitative estimate of drug-likeness (QED) is 0.814. The van der Waals surface area contributed by atoms with E-state index in [9.17, 15) is 4.79 Å². The number of rotatable bonds is 5. The van der Waals surface area contributed by atoms with Crippen molar-refractivity contribution in [2.75, 3.05) is 12.3 Å². The van der Waals surface area contributed by atoms with Crippen molar-refractivity contribution in [1.29, 1.82) is 0 Å². The molecule has 0 atom stereocenters. The molecule has 0 heterocycles. The lowest BCUT2D eigenvalue weighted by atomic mass is 10.2. The van der Waals surface area contributed by atoms with Gasteiger partial charge in [-0.1, -0.05) is 31.5 Å². The monoisotopic (exact) mass is 251 g/mol. The summed E-state index contributed by atoms with van der Waals surface area (Å²) < 4.78 is 0. The van der Waals surface area contributed by atoms with Gasteiger partial charge in [0.1, 0.15) is 0 Å². The van der Waals surface area contributed by atoms with Gasteiger partial charge in [0.05, 0.1) is 5.75 Å². The number of hydrogen-bond donors (Lipinski definition) is 1. The molecule has 17 heavy (non-hydrogen) atoms. The smallest absolute Gasteiger partial charge is 0.230 e. The molecule has 0 radical (unpaired) electrons. The maximum atomic E-state index is 11.6. The van der Waals surface area contributed by atoms with E-state index in [-0.39, 0.29) is 5.91 Å². The molecule has 0 aromatic heterocycles. The van der Waals surface area contributed by atoms with E-state index >= 15 is 0 Å². The Bertz CT molecular complexity index is 388. The van der Waals surface area contributed by atoms with E-state index in [1.54, 1.807) is 11.8 Å². The minimum atomic E-state index is 0.115. The number of benzene rings is 1. The number of amides is 1. The molecule has 1 N–H and O–H groups in total. The second-order valence-electron chi connectivity index (χ2n) is 4.76. The summed E-state index contributed by atoms with van der Waals surface area (Å²) in [6.07, 6.45) is 0. The fraction of sp³-hybridized carbons (Fsp3) is 0.500. The van der Waals surface area contributed by atoms with Gasteiger partial charge in [0.15, 0.2) is 0 Å². The van der Waals surface area contributed by atoms with Crippen LogP contribution in [0.15, 0.2) is 23.1 Å². The van der Waals surface area contributed by atoms with E-state index in [0.29, 0.717) is 11.7 Å². The van der Waals surface area contributed by atoms with Gasteiger partial charge in [-0.2, -0.15) is 0 Å². The topological polar surface area (TPSA) is 29.1 Å². The summed E-state index contributed by atoms with van der Waals surface area (Å²) in [4.78, 5) is 12.8. The largest absolute Gasteiger partial charge is 0.355 e. The molecule has 2 nitrogen and oxygen atoms in total. The highest BCUT2D eigenvalue weighted by atomic mass is 32.2. The SMILES string of the molecule is Cc1ccc(C)c(SCC(=O)NCC(C)C)c1. The minimum absolute atomic E-state index is 0.115. The molecule has 1 aromatic carbocycles. The third-order valence-electron chi connectivity index (χ3n) is 2.41. The second kappa shape index (κ2) is 6.70. The van der Waals surface area contributed by atoms with Crippen LogP contribution in [0.3, 0.4) is 0 Å². The fourth-order valence-corrected chi connectivity index (χ4v) is 2.33. The van der Waals surface area contributed by atoms with Crippen molar-refractivity contribution in [3.05, 3.63) is 29.3 Å². The fourth-order valence-electron chi connectivity index (χ4n) is 1.38. The predicted molar refractivity (Wildman–Crippen MR) is 74.5 cm³/mol. The first kappa shape index (κ1) is 14.1. The van der Waals surface area contributed by atoms with Gasteiger partial charge >= 0.3 is 0 Å². The summed E-state index contributed by atoms with van der Waals surface area (Å²) >= 11 is 1.61. The number of aryl methyl sites for hydroxylation is 2. The number of carbonyl (C=O) groups is 1. The first-order valence-corrected chi connectivity index (χ1v) is 6.94. The second-order valence-corrected chi connectivity index (χ2v) is 5.77. The van der Waals surface area contributed by atoms with E-state index < -0.39 is 0 Å². The lowest BCUT2D eigenvalue weighted by Crippen LogP contribution is -2.28. The highest BCUT2D eigenvalue weighted by Gasteiger charge is 2.05. The molecule has 94 valence electrons. The maximum Gasteiger partial charge on any atom is 0.230 e. The summed E-state index contributed by atoms with van der Waals surface area (Å²) in [6.45, 7) is 9.10. The molecule has 1 aromatic rings. The van der Waals surface area contributed by atoms with Gasteiger partial charge in [0, 0.05) is 11.4 Å². The van der Waals surface area contributed by atoms with Crippen LogP contribution in [-0.2, 0) is 4.79 Å². The molecule has 0 aliphatic rings. The van der Waals surface area contributed by atoms with Crippen LogP contribution in [0.25, 0.3) is 0 Å². The zero-order valence-corrected chi connectivity index (χ0v) is 11.9. The van der Waals surface area contributed by atoms with E-state index in [1.165, 1.54) is 16.0 Å². The molecule has 0 saturated carbocycles. The van der Waals surface area contributed by atoms with Crippen LogP contribution in [0.2, 0.25) is 0 Å². The third kappa shape index (κ3) is 5.26. The average Bonchev–Trinajstić information content (AvgIpc) is 2.27. The minimum Gasteiger partial charge on any atom is -0.355 e. The normalized spacial score (nSPS) is 10.6. The van der Waals surface area contributed by atoms with Crippen LogP contribution < -0.4 is 5.32 Å². The van der Waals surface area contributed by atoms with Gasteiger partial charge in [-0.3, -0.25) is 4.79 Å². The number of thioether (sulfide) groups is 1. The van der Waals surface area contributed by atoms with Crippen molar-refractivity contribution >= 4 is 17.7 Å². The summed E-state index contributed by atoms with van der Waals surface area (Å²) in [7, 11) is 0. The Hall–Kier alpha value is -0.960. The van der Waals surface area contributed by atoms with Gasteiger partial charge < -0.3 is 5.32 Å². The Balaban J connectivity index is 2.44. The molecule has 0 fully saturated rings. The Labute approximate surface area is 108 Å². The molecule has 0 unspecified atom stereocenters. The van der Waals surface area contributed by atoms with Gasteiger partial charge in [-0.05, 0) is 31.4 Å². The van der Waals surface area contributed by atoms with E-state index in [4.69, 9.17) is 0 Å². The highest BCUT2D eigenvalue weighted by Crippen LogP contribution is 2.23. The van der Waals surface area contributed by atoms with Gasteiger partial charge in [-0.25, -0.2) is 0 Å². The van der Waals surface area contributed by atoms with Gasteiger partial charge in [-0.15, -0.1) is 11.8 Å². The molecular weight excluding hydrogens is 230 g/mol. The van der Waals surface area contributed by atoms with Crippen LogP contribution in [0.5, 0.6) is 0 Å². The molecule has 0 spiro atoms. The van der Waals surface area contributed by atoms with Crippen LogP contribution >= 0.6 is 11.8 Å². The van der Waals surface area contributed by atoms with E-state index in [2.05, 4.69) is 51.2 Å². The molecule has 1 amide bonds. The van der Waals surface area contributed by atoms with Crippen LogP contribution in [0.1, 0.15) is 25.0 Å². The van der Waals surface area contributed by atoms with Gasteiger partial charge in [0.2, 0.25) is 5.91 Å². The average molecular weight is 251 g/mol. The first-order valence-electron chi connectivity index (χ1n) is 5.96. The zero-order chi connectivity index (χ0) is 12.8. The zero-order valence-electron chi connectivity index (χ0n) is 11.0. The third-order valence-corrected chi connectivity index (χ3v) is 3.57. The molecule has 1 rings (SSSR count). The van der Waals surface area contributed by atoms with Crippen molar-refractivity contribution in [2.45, 2.75) is 32.6 Å². The predicted octanol–water partition coefficient (Wildman–Crippen LogP) is 3.17. The van der Waals surface area contributed by atoms with E-state index in [1.807, 2.05) is 0 Å². The van der Waals surface area contributed by atoms with Crippen molar-refractivity contribution < 1.29 is 4.79 Å². The number of hydrogen-bond acceptors (Lipinski definition) is 2. The van der Waals surface area contributed by atoms with Crippen LogP contribution in [-0.4, -0.2) is 18.2 Å². The standard InChI is InChI=1S/C14H21NOS/c1-10(2)8-15-14(16)9-17-13-7-11(3)5-6-12(13)4/h5-7,10H,8-9H2,1-4H3,(H,15,16). The Kier molecular flexibility index (Phi) is 5.56. The molecule has 0 aliphatic heterocycles. The molecule has 3 heteroatoms. The van der Waals surface area contributed by atoms with Crippen molar-refractivity contribution in [1.82, 2.24) is 5.32 Å². The summed E-state index contributed by atoms with van der Waals surface area (Å²) in [5.74, 6) is 1.12. The Morgan fingerprint density at radius 1 is 1.35 bits per heavy atom. The lowest BCUT2D eigenvalue weighted by molar-refractivity contribution is -0.118. The summed E-state index contributed by atoms with van der Waals surface area (Å²) in [6, 6.07) is 6.33. The van der Waals surface area contributed by atoms with Crippen LogP contribution in [0, 0.1) is 19.8 Å². The Morgan fingerprint density at radius 3 is 2.71 bits per heavy atom. The number of nitrogens with one attached hydrogen (secondary N) is 1. The number of carbonyl (C=O) groups excluding carboxylic acids is 1. The molecule has 0 bridgehead atoms. The van der Waals surface area contributed by atoms with Crippen molar-refractivity contribution in [3.8, 4) is 0 Å². The molecular formula is C14H21NOS. The van der Waals surface area contributed by atoms with Crippen LogP contribution in [0.4, 0.5) is 0 Å². The molecule has 0 saturated heterocycles. The first-order chi connectivity index (χ1) is 7.99. The van der Waals surface area contributed by atoms with E-state index in [0.717, 1.165) is 6.54 Å².